The van der Waals surface area contributed by atoms with Crippen molar-refractivity contribution in [3.8, 4) is 55.9 Å². The third kappa shape index (κ3) is 12.7. The molecule has 0 N–H and O–H groups in total. The molecule has 0 saturated carbocycles. The smallest absolute Gasteiger partial charge is 0.137 e. The number of nitrogens with zero attached hydrogens (tertiary/aromatic N) is 6. The summed E-state index contributed by atoms with van der Waals surface area (Å²) in [6, 6.07) is 162. The van der Waals surface area contributed by atoms with Crippen molar-refractivity contribution in [2.75, 3.05) is 19.6 Å². The largest absolute Gasteiger partial charge is 0.310 e. The molecule has 0 bridgehead atoms. The van der Waals surface area contributed by atoms with Gasteiger partial charge in [0.05, 0.1) is 32.2 Å². The molecule has 0 aliphatic carbocycles. The molecule has 22 rings (SSSR count). The Morgan fingerprint density at radius 2 is 0.474 bits per heavy atom. The predicted molar refractivity (Wildman–Crippen MR) is 490 cm³/mol. The Kier molecular flexibility index (Phi) is 18.1. The molecular weight excluding hydrogens is 1450 g/mol. The highest BCUT2D eigenvalue weighted by atomic mass is 32.2. The molecule has 20 aromatic rings. The van der Waals surface area contributed by atoms with Crippen LogP contribution in [-0.2, 0) is 0 Å². The van der Waals surface area contributed by atoms with Gasteiger partial charge in [0.2, 0.25) is 0 Å². The molecule has 0 amide bonds. The van der Waals surface area contributed by atoms with Crippen LogP contribution in [0, 0.1) is 0 Å². The van der Waals surface area contributed by atoms with E-state index in [1.165, 1.54) is 107 Å². The van der Waals surface area contributed by atoms with Crippen LogP contribution in [0.15, 0.2) is 468 Å². The zero-order valence-corrected chi connectivity index (χ0v) is 64.9. The summed E-state index contributed by atoms with van der Waals surface area (Å²) in [5, 5.41) is 7.48. The van der Waals surface area contributed by atoms with Crippen LogP contribution >= 0.6 is 23.5 Å². The van der Waals surface area contributed by atoms with Gasteiger partial charge >= 0.3 is 0 Å². The van der Waals surface area contributed by atoms with Crippen LogP contribution in [0.25, 0.3) is 99.2 Å². The van der Waals surface area contributed by atoms with Gasteiger partial charge in [-0.25, -0.2) is 0 Å². The fraction of sp³-hybridized carbons (Fsp3) is 0. The number of hydrogen-bond donors (Lipinski definition) is 0. The van der Waals surface area contributed by atoms with Crippen molar-refractivity contribution < 1.29 is 0 Å². The van der Waals surface area contributed by atoms with Crippen molar-refractivity contribution >= 4 is 135 Å². The maximum atomic E-state index is 2.46. The first-order valence-electron chi connectivity index (χ1n) is 39.4. The Balaban J connectivity index is 0.000000146. The van der Waals surface area contributed by atoms with Crippen molar-refractivity contribution in [1.82, 2.24) is 9.13 Å². The SMILES string of the molecule is c1ccc(-c2ccc(N(c3ccc(-c4ccccc4)cc3)c3ccc4c(c3)N(c3ccccc3)c3c(c5ccccc5n3-c3ccccc3)S4)cc2)cc1.c1ccc(N2c3cc(N(c4ccc(-c5cccc6ccccc56)cc4)c4ccc(-c5cccc6ccccc56)cc4)ccc3Sc3c2n(-c2ccccc2)c2ccccc32)cc1. The van der Waals surface area contributed by atoms with Crippen molar-refractivity contribution in [2.45, 2.75) is 19.6 Å². The maximum Gasteiger partial charge on any atom is 0.137 e. The Morgan fingerprint density at radius 3 is 0.836 bits per heavy atom. The summed E-state index contributed by atoms with van der Waals surface area (Å²) >= 11 is 3.71. The minimum Gasteiger partial charge on any atom is -0.310 e. The third-order valence-electron chi connectivity index (χ3n) is 22.3. The summed E-state index contributed by atoms with van der Waals surface area (Å²) in [7, 11) is 0. The van der Waals surface area contributed by atoms with Gasteiger partial charge in [-0.2, -0.15) is 0 Å². The van der Waals surface area contributed by atoms with Gasteiger partial charge in [0.25, 0.3) is 0 Å². The molecule has 0 unspecified atom stereocenters. The second-order valence-electron chi connectivity index (χ2n) is 29.2. The summed E-state index contributed by atoms with van der Waals surface area (Å²) < 4.78 is 4.85. The van der Waals surface area contributed by atoms with Crippen LogP contribution in [0.5, 0.6) is 0 Å². The van der Waals surface area contributed by atoms with E-state index in [9.17, 15) is 0 Å². The lowest BCUT2D eigenvalue weighted by Gasteiger charge is -2.34. The molecule has 0 radical (unpaired) electrons. The van der Waals surface area contributed by atoms with E-state index in [2.05, 4.69) is 478 Å². The zero-order valence-electron chi connectivity index (χ0n) is 63.2. The summed E-state index contributed by atoms with van der Waals surface area (Å²) in [6.07, 6.45) is 0. The second kappa shape index (κ2) is 30.2. The van der Waals surface area contributed by atoms with Gasteiger partial charge in [0.1, 0.15) is 11.6 Å². The Hall–Kier alpha value is -14.5. The number of aromatic nitrogens is 2. The summed E-state index contributed by atoms with van der Waals surface area (Å²) in [5.41, 5.74) is 25.3. The highest BCUT2D eigenvalue weighted by Crippen LogP contribution is 2.59. The molecule has 0 saturated heterocycles. The van der Waals surface area contributed by atoms with Crippen LogP contribution in [0.4, 0.5) is 68.5 Å². The van der Waals surface area contributed by atoms with E-state index in [0.29, 0.717) is 0 Å². The molecule has 2 aliphatic rings. The van der Waals surface area contributed by atoms with E-state index in [1.54, 1.807) is 0 Å². The third-order valence-corrected chi connectivity index (χ3v) is 24.7. The van der Waals surface area contributed by atoms with Gasteiger partial charge in [0.15, 0.2) is 0 Å². The second-order valence-corrected chi connectivity index (χ2v) is 31.3. The number of hydrogen-bond acceptors (Lipinski definition) is 6. The summed E-state index contributed by atoms with van der Waals surface area (Å²) in [5.74, 6) is 2.29. The van der Waals surface area contributed by atoms with Gasteiger partial charge < -0.3 is 9.80 Å². The molecule has 548 valence electrons. The van der Waals surface area contributed by atoms with Gasteiger partial charge in [0, 0.05) is 77.4 Å². The van der Waals surface area contributed by atoms with Gasteiger partial charge in [-0.05, 0) is 212 Å². The Morgan fingerprint density at radius 1 is 0.198 bits per heavy atom. The monoisotopic (exact) mass is 1520 g/mol. The number of benzene rings is 18. The van der Waals surface area contributed by atoms with Crippen LogP contribution in [-0.4, -0.2) is 9.13 Å². The molecule has 6 nitrogen and oxygen atoms in total. The molecule has 116 heavy (non-hydrogen) atoms. The van der Waals surface area contributed by atoms with Gasteiger partial charge in [-0.3, -0.25) is 18.9 Å². The van der Waals surface area contributed by atoms with E-state index < -0.39 is 0 Å². The van der Waals surface area contributed by atoms with Crippen LogP contribution in [0.2, 0.25) is 0 Å². The lowest BCUT2D eigenvalue weighted by molar-refractivity contribution is 1.03. The molecule has 8 heteroatoms. The van der Waals surface area contributed by atoms with E-state index in [1.807, 2.05) is 23.5 Å². The summed E-state index contributed by atoms with van der Waals surface area (Å²) in [4.78, 5) is 14.6. The molecular formula is C108H74N6S2. The molecule has 4 heterocycles. The fourth-order valence-electron chi connectivity index (χ4n) is 16.9. The Bertz CT molecular complexity index is 6760. The van der Waals surface area contributed by atoms with E-state index >= 15 is 0 Å². The molecule has 0 fully saturated rings. The number of rotatable bonds is 14. The van der Waals surface area contributed by atoms with Crippen LogP contribution in [0.3, 0.4) is 0 Å². The minimum atomic E-state index is 1.08. The number of para-hydroxylation sites is 6. The summed E-state index contributed by atoms with van der Waals surface area (Å²) in [6.45, 7) is 0. The van der Waals surface area contributed by atoms with E-state index in [4.69, 9.17) is 0 Å². The molecule has 0 spiro atoms. The highest BCUT2D eigenvalue weighted by molar-refractivity contribution is 8.00. The topological polar surface area (TPSA) is 22.8 Å². The average molecular weight is 1520 g/mol. The average Bonchev–Trinajstić information content (AvgIpc) is 1.55. The lowest BCUT2D eigenvalue weighted by Crippen LogP contribution is -2.19. The fourth-order valence-corrected chi connectivity index (χ4v) is 19.2. The Labute approximate surface area is 683 Å². The molecule has 2 aliphatic heterocycles. The van der Waals surface area contributed by atoms with Gasteiger partial charge in [-0.1, -0.05) is 327 Å². The van der Waals surface area contributed by atoms with Gasteiger partial charge in [-0.15, -0.1) is 0 Å². The van der Waals surface area contributed by atoms with Crippen LogP contribution in [0.1, 0.15) is 0 Å². The van der Waals surface area contributed by atoms with Crippen molar-refractivity contribution in [3.63, 3.8) is 0 Å². The van der Waals surface area contributed by atoms with E-state index in [-0.39, 0.29) is 0 Å². The van der Waals surface area contributed by atoms with Crippen molar-refractivity contribution in [1.29, 1.82) is 0 Å². The molecule has 18 aromatic carbocycles. The minimum absolute atomic E-state index is 1.08. The zero-order chi connectivity index (χ0) is 76.8. The number of fused-ring (bicyclic) bond motifs is 10. The highest BCUT2D eigenvalue weighted by Gasteiger charge is 2.35. The maximum absolute atomic E-state index is 2.46. The van der Waals surface area contributed by atoms with Crippen molar-refractivity contribution in [2.24, 2.45) is 0 Å². The van der Waals surface area contributed by atoms with E-state index in [0.717, 1.165) is 79.9 Å². The molecule has 2 aromatic heterocycles. The first-order valence-corrected chi connectivity index (χ1v) is 41.0. The first-order chi connectivity index (χ1) is 57.6. The normalized spacial score (nSPS) is 12.0. The number of anilines is 12. The van der Waals surface area contributed by atoms with Crippen LogP contribution < -0.4 is 19.6 Å². The lowest BCUT2D eigenvalue weighted by atomic mass is 9.97. The predicted octanol–water partition coefficient (Wildman–Crippen LogP) is 31.0. The first kappa shape index (κ1) is 69.4. The standard InChI is InChI=1S/C58H39N3S.C50H35N3S/c1-3-19-44(20-4-1)60-54-28-12-11-25-53(54)57-58(60)61(45-21-5-2-6-22-45)55-39-48(37-38-56(55)62-57)59(46-33-29-42(30-34-46)51-26-13-17-40-15-7-9-23-49(40)51)47-35-31-43(32-36-47)52-27-14-18-41-16-8-10-24-50(41)52;1-5-15-36(16-6-1)38-25-29-42(30-26-38)51(43-31-27-39(28-32-43)37-17-7-2-8-18-37)44-33-34-48-47(35-44)53(41-21-11-4-12-22-41)50-49(54-48)45-23-13-14-24-46(45)52(50)40-19-9-3-10-20-40/h1-39H;1-35H. The molecule has 0 atom stereocenters. The quantitative estimate of drug-likeness (QED) is 0.107. The van der Waals surface area contributed by atoms with Crippen molar-refractivity contribution in [3.05, 3.63) is 449 Å².